The summed E-state index contributed by atoms with van der Waals surface area (Å²) in [4.78, 5) is 45.6. The molecule has 3 aromatic carbocycles. The lowest BCUT2D eigenvalue weighted by Crippen LogP contribution is -2.42. The molecular formula is C31H24N2O4S2. The number of hydrogen-bond donors (Lipinski definition) is 1. The summed E-state index contributed by atoms with van der Waals surface area (Å²) in [5.74, 6) is 1.05. The van der Waals surface area contributed by atoms with Gasteiger partial charge in [-0.15, -0.1) is 11.8 Å². The van der Waals surface area contributed by atoms with Crippen molar-refractivity contribution in [2.45, 2.75) is 22.6 Å². The molecule has 2 saturated carbocycles. The van der Waals surface area contributed by atoms with Crippen LogP contribution in [0.5, 0.6) is 11.5 Å². The molecule has 8 heteroatoms. The number of amides is 2. The molecule has 4 aliphatic rings. The number of imide groups is 1. The molecule has 194 valence electrons. The Morgan fingerprint density at radius 1 is 0.795 bits per heavy atom. The number of carbonyl (C=O) groups is 2. The molecule has 2 bridgehead atoms. The minimum Gasteiger partial charge on any atom is -0.457 e. The zero-order valence-electron chi connectivity index (χ0n) is 20.7. The lowest BCUT2D eigenvalue weighted by molar-refractivity contribution is -0.123. The first-order valence-electron chi connectivity index (χ1n) is 13.2. The number of rotatable bonds is 4. The van der Waals surface area contributed by atoms with Crippen LogP contribution in [0.25, 0.3) is 0 Å². The molecule has 1 saturated heterocycles. The number of para-hydroxylation sites is 2. The summed E-state index contributed by atoms with van der Waals surface area (Å²) in [6.45, 7) is 0. The highest BCUT2D eigenvalue weighted by Crippen LogP contribution is 2.68. The summed E-state index contributed by atoms with van der Waals surface area (Å²) < 4.78 is 6.16. The van der Waals surface area contributed by atoms with Crippen LogP contribution in [0, 0.1) is 29.6 Å². The summed E-state index contributed by atoms with van der Waals surface area (Å²) in [6, 6.07) is 27.1. The van der Waals surface area contributed by atoms with E-state index in [9.17, 15) is 14.4 Å². The molecule has 4 aromatic rings. The first-order chi connectivity index (χ1) is 19.1. The van der Waals surface area contributed by atoms with Crippen molar-refractivity contribution in [1.29, 1.82) is 0 Å². The van der Waals surface area contributed by atoms with Crippen LogP contribution in [0.2, 0.25) is 0 Å². The fraction of sp³-hybridized carbons (Fsp3) is 0.258. The van der Waals surface area contributed by atoms with E-state index in [1.54, 1.807) is 11.8 Å². The number of ether oxygens (including phenoxy) is 1. The maximum absolute atomic E-state index is 13.8. The van der Waals surface area contributed by atoms with Gasteiger partial charge in [0.1, 0.15) is 11.5 Å². The van der Waals surface area contributed by atoms with E-state index >= 15 is 0 Å². The van der Waals surface area contributed by atoms with Crippen molar-refractivity contribution in [1.82, 2.24) is 4.98 Å². The molecule has 8 rings (SSSR count). The van der Waals surface area contributed by atoms with Gasteiger partial charge in [-0.05, 0) is 66.1 Å². The van der Waals surface area contributed by atoms with Crippen LogP contribution in [0.4, 0.5) is 5.69 Å². The Kier molecular flexibility index (Phi) is 5.19. The molecule has 39 heavy (non-hydrogen) atoms. The van der Waals surface area contributed by atoms with Crippen LogP contribution in [-0.4, -0.2) is 22.0 Å². The Morgan fingerprint density at radius 2 is 1.49 bits per heavy atom. The Morgan fingerprint density at radius 3 is 2.26 bits per heavy atom. The van der Waals surface area contributed by atoms with Crippen molar-refractivity contribution in [2.75, 3.05) is 4.90 Å². The first kappa shape index (κ1) is 23.3. The number of carbonyl (C=O) groups excluding carboxylic acids is 2. The van der Waals surface area contributed by atoms with E-state index in [1.807, 2.05) is 72.8 Å². The van der Waals surface area contributed by atoms with Crippen LogP contribution < -0.4 is 14.5 Å². The van der Waals surface area contributed by atoms with Crippen molar-refractivity contribution in [3.8, 4) is 11.5 Å². The van der Waals surface area contributed by atoms with Crippen molar-refractivity contribution in [2.24, 2.45) is 29.6 Å². The average molecular weight is 553 g/mol. The second-order valence-corrected chi connectivity index (χ2v) is 13.0. The van der Waals surface area contributed by atoms with Gasteiger partial charge in [0.2, 0.25) is 11.8 Å². The number of aromatic nitrogens is 1. The van der Waals surface area contributed by atoms with Crippen LogP contribution in [0.3, 0.4) is 0 Å². The fourth-order valence-electron chi connectivity index (χ4n) is 7.62. The number of benzene rings is 3. The number of anilines is 1. The number of nitrogens with one attached hydrogen (secondary N) is 1. The Balaban J connectivity index is 1.20. The number of aromatic amines is 1. The zero-order chi connectivity index (χ0) is 26.2. The van der Waals surface area contributed by atoms with Gasteiger partial charge in [-0.25, -0.2) is 0 Å². The molecule has 6 unspecified atom stereocenters. The highest BCUT2D eigenvalue weighted by Gasteiger charge is 2.69. The van der Waals surface area contributed by atoms with Crippen LogP contribution >= 0.6 is 23.1 Å². The van der Waals surface area contributed by atoms with E-state index in [4.69, 9.17) is 4.74 Å². The van der Waals surface area contributed by atoms with Crippen LogP contribution in [0.1, 0.15) is 22.8 Å². The fourth-order valence-corrected chi connectivity index (χ4v) is 10.5. The minimum absolute atomic E-state index is 0.0425. The predicted octanol–water partition coefficient (Wildman–Crippen LogP) is 5.91. The molecule has 3 heterocycles. The van der Waals surface area contributed by atoms with Crippen molar-refractivity contribution in [3.63, 3.8) is 0 Å². The standard InChI is InChI=1S/C31H24N2O4S2/c34-29-24-20-15-21(25(24)30(35)33(29)17-9-3-1-4-10-17)26-23(20)22(27-28(38-26)32-31(36)39-27)16-8-7-13-19(14-16)37-18-11-5-2-6-12-18/h1-14,20-26H,15H2,(H,32,36)/t20?,21?,22-,23?,24?,25?,26?/m1/s1. The van der Waals surface area contributed by atoms with E-state index in [0.29, 0.717) is 5.69 Å². The number of hydrogen-bond acceptors (Lipinski definition) is 6. The van der Waals surface area contributed by atoms with Gasteiger partial charge < -0.3 is 9.72 Å². The smallest absolute Gasteiger partial charge is 0.305 e. The van der Waals surface area contributed by atoms with Gasteiger partial charge in [0.25, 0.3) is 0 Å². The number of H-pyrrole nitrogens is 1. The van der Waals surface area contributed by atoms with Crippen molar-refractivity contribution < 1.29 is 14.3 Å². The molecule has 0 radical (unpaired) electrons. The maximum atomic E-state index is 13.8. The monoisotopic (exact) mass is 552 g/mol. The average Bonchev–Trinajstić information content (AvgIpc) is 3.68. The third-order valence-corrected chi connectivity index (χ3v) is 11.5. The quantitative estimate of drug-likeness (QED) is 0.319. The van der Waals surface area contributed by atoms with Gasteiger partial charge in [0.05, 0.1) is 22.5 Å². The van der Waals surface area contributed by atoms with Crippen LogP contribution in [-0.2, 0) is 9.59 Å². The second kappa shape index (κ2) is 8.69. The summed E-state index contributed by atoms with van der Waals surface area (Å²) in [6.07, 6.45) is 0.869. The van der Waals surface area contributed by atoms with E-state index in [0.717, 1.165) is 33.4 Å². The molecule has 3 fully saturated rings. The third-order valence-electron chi connectivity index (χ3n) is 8.93. The Labute approximate surface area is 233 Å². The predicted molar refractivity (Wildman–Crippen MR) is 150 cm³/mol. The number of fused-ring (bicyclic) bond motifs is 9. The Hall–Kier alpha value is -3.62. The summed E-state index contributed by atoms with van der Waals surface area (Å²) in [7, 11) is 0. The first-order valence-corrected chi connectivity index (χ1v) is 14.9. The Bertz CT molecular complexity index is 1670. The molecule has 2 aliphatic carbocycles. The van der Waals surface area contributed by atoms with Gasteiger partial charge in [0, 0.05) is 16.0 Å². The normalized spacial score (nSPS) is 30.3. The van der Waals surface area contributed by atoms with E-state index in [2.05, 4.69) is 17.1 Å². The molecule has 6 nitrogen and oxygen atoms in total. The molecule has 2 aliphatic heterocycles. The second-order valence-electron chi connectivity index (χ2n) is 10.8. The van der Waals surface area contributed by atoms with Gasteiger partial charge >= 0.3 is 4.87 Å². The topological polar surface area (TPSA) is 79.5 Å². The lowest BCUT2D eigenvalue weighted by Gasteiger charge is -2.43. The highest BCUT2D eigenvalue weighted by atomic mass is 32.2. The highest BCUT2D eigenvalue weighted by molar-refractivity contribution is 8.00. The molecule has 1 aromatic heterocycles. The molecule has 2 amide bonds. The van der Waals surface area contributed by atoms with E-state index in [1.165, 1.54) is 16.2 Å². The SMILES string of the molecule is O=C1C2C3CC(C2C(=O)N1c1ccccc1)C1C3Sc2[nH]c(=O)sc2[C@@H]1c1cccc(Oc2ccccc2)c1. The molecular weight excluding hydrogens is 528 g/mol. The van der Waals surface area contributed by atoms with E-state index in [-0.39, 0.29) is 57.4 Å². The minimum atomic E-state index is -0.312. The van der Waals surface area contributed by atoms with Crippen molar-refractivity contribution in [3.05, 3.63) is 105 Å². The van der Waals surface area contributed by atoms with E-state index < -0.39 is 0 Å². The molecule has 1 N–H and O–H groups in total. The van der Waals surface area contributed by atoms with Gasteiger partial charge in [-0.2, -0.15) is 0 Å². The lowest BCUT2D eigenvalue weighted by atomic mass is 9.68. The van der Waals surface area contributed by atoms with Crippen LogP contribution in [0.15, 0.2) is 94.7 Å². The largest absolute Gasteiger partial charge is 0.457 e. The maximum Gasteiger partial charge on any atom is 0.305 e. The summed E-state index contributed by atoms with van der Waals surface area (Å²) in [5, 5.41) is 1.07. The number of thioether (sulfide) groups is 1. The number of nitrogens with zero attached hydrogens (tertiary/aromatic N) is 1. The number of thiazole rings is 1. The third kappa shape index (κ3) is 3.44. The summed E-state index contributed by atoms with van der Waals surface area (Å²) in [5.41, 5.74) is 1.73. The zero-order valence-corrected chi connectivity index (χ0v) is 22.4. The summed E-state index contributed by atoms with van der Waals surface area (Å²) >= 11 is 2.98. The molecule has 7 atom stereocenters. The van der Waals surface area contributed by atoms with Gasteiger partial charge in [-0.3, -0.25) is 19.3 Å². The van der Waals surface area contributed by atoms with Gasteiger partial charge in [0.15, 0.2) is 0 Å². The van der Waals surface area contributed by atoms with Crippen molar-refractivity contribution >= 4 is 40.6 Å². The molecule has 0 spiro atoms. The van der Waals surface area contributed by atoms with Gasteiger partial charge in [-0.1, -0.05) is 59.9 Å².